The van der Waals surface area contributed by atoms with Crippen LogP contribution >= 0.6 is 12.2 Å². The molecule has 110 valence electrons. The van der Waals surface area contributed by atoms with Crippen LogP contribution in [0.2, 0.25) is 0 Å². The van der Waals surface area contributed by atoms with Gasteiger partial charge in [-0.25, -0.2) is 0 Å². The third-order valence-corrected chi connectivity index (χ3v) is 2.83. The van der Waals surface area contributed by atoms with Gasteiger partial charge in [-0.05, 0) is 30.1 Å². The fourth-order valence-corrected chi connectivity index (χ4v) is 1.82. The lowest BCUT2D eigenvalue weighted by molar-refractivity contribution is 0.204. The fraction of sp³-hybridized carbons (Fsp3) is 0.467. The number of ether oxygens (including phenoxy) is 1. The number of hydrazone groups is 1. The summed E-state index contributed by atoms with van der Waals surface area (Å²) in [6.07, 6.45) is 0.900. The van der Waals surface area contributed by atoms with E-state index in [0.717, 1.165) is 17.7 Å². The van der Waals surface area contributed by atoms with E-state index in [1.807, 2.05) is 18.2 Å². The molecule has 0 unspecified atom stereocenters. The highest BCUT2D eigenvalue weighted by molar-refractivity contribution is 7.80. The molecule has 1 rings (SSSR count). The Morgan fingerprint density at radius 3 is 2.60 bits per heavy atom. The smallest absolute Gasteiger partial charge is 0.187 e. The predicted molar refractivity (Wildman–Crippen MR) is 88.0 cm³/mol. The second-order valence-corrected chi connectivity index (χ2v) is 5.29. The first-order chi connectivity index (χ1) is 9.63. The van der Waals surface area contributed by atoms with Crippen molar-refractivity contribution in [3.05, 3.63) is 35.9 Å². The Balaban J connectivity index is 2.64. The van der Waals surface area contributed by atoms with Crippen molar-refractivity contribution in [1.82, 2.24) is 10.7 Å². The molecule has 0 spiro atoms. The largest absolute Gasteiger partial charge is 0.383 e. The van der Waals surface area contributed by atoms with Gasteiger partial charge in [0, 0.05) is 13.7 Å². The second-order valence-electron chi connectivity index (χ2n) is 4.88. The Hall–Kier alpha value is -1.46. The SMILES string of the molecule is COCCNC(=S)N/N=C(/CC(C)C)c1ccccc1. The molecule has 0 aliphatic heterocycles. The first kappa shape index (κ1) is 16.6. The van der Waals surface area contributed by atoms with Gasteiger partial charge in [0.25, 0.3) is 0 Å². The zero-order valence-electron chi connectivity index (χ0n) is 12.3. The number of rotatable bonds is 7. The van der Waals surface area contributed by atoms with Gasteiger partial charge in [-0.15, -0.1) is 0 Å². The molecule has 5 heteroatoms. The molecule has 2 N–H and O–H groups in total. The van der Waals surface area contributed by atoms with E-state index in [9.17, 15) is 0 Å². The molecule has 1 aromatic rings. The van der Waals surface area contributed by atoms with Crippen molar-refractivity contribution in [2.45, 2.75) is 20.3 Å². The van der Waals surface area contributed by atoms with E-state index >= 15 is 0 Å². The molecule has 0 radical (unpaired) electrons. The maximum absolute atomic E-state index is 5.16. The number of benzene rings is 1. The monoisotopic (exact) mass is 293 g/mol. The number of hydrogen-bond acceptors (Lipinski definition) is 3. The van der Waals surface area contributed by atoms with Crippen LogP contribution in [0.25, 0.3) is 0 Å². The highest BCUT2D eigenvalue weighted by atomic mass is 32.1. The number of thiocarbonyl (C=S) groups is 1. The third kappa shape index (κ3) is 6.63. The van der Waals surface area contributed by atoms with E-state index in [-0.39, 0.29) is 0 Å². The first-order valence-corrected chi connectivity index (χ1v) is 7.19. The lowest BCUT2D eigenvalue weighted by Gasteiger charge is -2.11. The molecule has 0 atom stereocenters. The lowest BCUT2D eigenvalue weighted by atomic mass is 10.0. The van der Waals surface area contributed by atoms with Crippen LogP contribution in [-0.2, 0) is 4.74 Å². The Morgan fingerprint density at radius 1 is 1.30 bits per heavy atom. The van der Waals surface area contributed by atoms with Crippen LogP contribution in [-0.4, -0.2) is 31.1 Å². The van der Waals surface area contributed by atoms with E-state index < -0.39 is 0 Å². The van der Waals surface area contributed by atoms with Crippen molar-refractivity contribution in [3.63, 3.8) is 0 Å². The van der Waals surface area contributed by atoms with Gasteiger partial charge in [-0.1, -0.05) is 44.2 Å². The molecule has 0 aliphatic carbocycles. The van der Waals surface area contributed by atoms with Crippen LogP contribution in [0, 0.1) is 5.92 Å². The minimum Gasteiger partial charge on any atom is -0.383 e. The van der Waals surface area contributed by atoms with Gasteiger partial charge in [0.2, 0.25) is 0 Å². The summed E-state index contributed by atoms with van der Waals surface area (Å²) in [5, 5.41) is 7.98. The van der Waals surface area contributed by atoms with Gasteiger partial charge in [0.1, 0.15) is 0 Å². The molecule has 0 bridgehead atoms. The van der Waals surface area contributed by atoms with Gasteiger partial charge >= 0.3 is 0 Å². The molecule has 0 fully saturated rings. The average molecular weight is 293 g/mol. The summed E-state index contributed by atoms with van der Waals surface area (Å²) in [7, 11) is 1.66. The van der Waals surface area contributed by atoms with E-state index in [2.05, 4.69) is 41.8 Å². The second kappa shape index (κ2) is 9.44. The molecular weight excluding hydrogens is 270 g/mol. The summed E-state index contributed by atoms with van der Waals surface area (Å²) in [5.41, 5.74) is 5.03. The van der Waals surface area contributed by atoms with Crippen molar-refractivity contribution in [2.24, 2.45) is 11.0 Å². The minimum absolute atomic E-state index is 0.513. The third-order valence-electron chi connectivity index (χ3n) is 2.59. The van der Waals surface area contributed by atoms with Gasteiger partial charge in [-0.3, -0.25) is 5.43 Å². The van der Waals surface area contributed by atoms with E-state index in [0.29, 0.717) is 24.2 Å². The molecule has 0 saturated carbocycles. The standard InChI is InChI=1S/C15H23N3OS/c1-12(2)11-14(13-7-5-4-6-8-13)17-18-15(20)16-9-10-19-3/h4-8,12H,9-11H2,1-3H3,(H2,16,18,20)/b17-14-. The maximum atomic E-state index is 5.16. The zero-order valence-corrected chi connectivity index (χ0v) is 13.2. The van der Waals surface area contributed by atoms with Crippen LogP contribution in [0.15, 0.2) is 35.4 Å². The number of methoxy groups -OCH3 is 1. The predicted octanol–water partition coefficient (Wildman–Crippen LogP) is 2.55. The normalized spacial score (nSPS) is 11.5. The van der Waals surface area contributed by atoms with Crippen LogP contribution < -0.4 is 10.7 Å². The van der Waals surface area contributed by atoms with Crippen LogP contribution in [0.3, 0.4) is 0 Å². The van der Waals surface area contributed by atoms with Gasteiger partial charge in [0.05, 0.1) is 12.3 Å². The first-order valence-electron chi connectivity index (χ1n) is 6.78. The summed E-state index contributed by atoms with van der Waals surface area (Å²) in [5.74, 6) is 0.533. The minimum atomic E-state index is 0.513. The molecule has 20 heavy (non-hydrogen) atoms. The average Bonchev–Trinajstić information content (AvgIpc) is 2.44. The molecule has 0 saturated heterocycles. The summed E-state index contributed by atoms with van der Waals surface area (Å²) >= 11 is 5.16. The molecule has 0 aromatic heterocycles. The Morgan fingerprint density at radius 2 is 2.00 bits per heavy atom. The Bertz CT molecular complexity index is 432. The lowest BCUT2D eigenvalue weighted by Crippen LogP contribution is -2.34. The molecular formula is C15H23N3OS. The van der Waals surface area contributed by atoms with Gasteiger partial charge in [-0.2, -0.15) is 5.10 Å². The van der Waals surface area contributed by atoms with Crippen molar-refractivity contribution in [3.8, 4) is 0 Å². The number of nitrogens with zero attached hydrogens (tertiary/aromatic N) is 1. The van der Waals surface area contributed by atoms with Crippen LogP contribution in [0.1, 0.15) is 25.8 Å². The Labute approximate surface area is 126 Å². The van der Waals surface area contributed by atoms with Gasteiger partial charge < -0.3 is 10.1 Å². The van der Waals surface area contributed by atoms with Crippen molar-refractivity contribution in [1.29, 1.82) is 0 Å². The van der Waals surface area contributed by atoms with E-state index in [4.69, 9.17) is 17.0 Å². The molecule has 0 aliphatic rings. The number of nitrogens with one attached hydrogen (secondary N) is 2. The van der Waals surface area contributed by atoms with E-state index in [1.54, 1.807) is 7.11 Å². The summed E-state index contributed by atoms with van der Waals surface area (Å²) in [6.45, 7) is 5.63. The van der Waals surface area contributed by atoms with E-state index in [1.165, 1.54) is 0 Å². The molecule has 1 aromatic carbocycles. The Kier molecular flexibility index (Phi) is 7.84. The van der Waals surface area contributed by atoms with Crippen molar-refractivity contribution >= 4 is 23.0 Å². The van der Waals surface area contributed by atoms with Crippen LogP contribution in [0.5, 0.6) is 0 Å². The highest BCUT2D eigenvalue weighted by Gasteiger charge is 2.06. The van der Waals surface area contributed by atoms with Crippen LogP contribution in [0.4, 0.5) is 0 Å². The zero-order chi connectivity index (χ0) is 14.8. The number of hydrogen-bond donors (Lipinski definition) is 2. The maximum Gasteiger partial charge on any atom is 0.187 e. The molecule has 0 amide bonds. The van der Waals surface area contributed by atoms with Crippen molar-refractivity contribution in [2.75, 3.05) is 20.3 Å². The van der Waals surface area contributed by atoms with Gasteiger partial charge in [0.15, 0.2) is 5.11 Å². The summed E-state index contributed by atoms with van der Waals surface area (Å²) < 4.78 is 4.95. The topological polar surface area (TPSA) is 45.6 Å². The van der Waals surface area contributed by atoms with Crippen molar-refractivity contribution < 1.29 is 4.74 Å². The summed E-state index contributed by atoms with van der Waals surface area (Å²) in [4.78, 5) is 0. The quantitative estimate of drug-likeness (QED) is 0.351. The molecule has 4 nitrogen and oxygen atoms in total. The summed E-state index contributed by atoms with van der Waals surface area (Å²) in [6, 6.07) is 10.1. The fourth-order valence-electron chi connectivity index (χ4n) is 1.67. The highest BCUT2D eigenvalue weighted by Crippen LogP contribution is 2.09. The molecule has 0 heterocycles.